The van der Waals surface area contributed by atoms with Gasteiger partial charge in [-0.05, 0) is 32.0 Å². The van der Waals surface area contributed by atoms with Crippen molar-refractivity contribution in [1.29, 1.82) is 0 Å². The molecule has 1 amide bonds. The molecule has 0 bridgehead atoms. The summed E-state index contributed by atoms with van der Waals surface area (Å²) in [6.07, 6.45) is 3.01. The van der Waals surface area contributed by atoms with Crippen LogP contribution in [0.1, 0.15) is 21.7 Å². The van der Waals surface area contributed by atoms with Crippen LogP contribution in [0.15, 0.2) is 47.3 Å². The number of anilines is 1. The lowest BCUT2D eigenvalue weighted by Crippen LogP contribution is -2.13. The van der Waals surface area contributed by atoms with Crippen LogP contribution >= 0.6 is 0 Å². The van der Waals surface area contributed by atoms with E-state index in [1.165, 1.54) is 6.39 Å². The zero-order valence-electron chi connectivity index (χ0n) is 14.6. The van der Waals surface area contributed by atoms with Gasteiger partial charge in [-0.25, -0.2) is 9.97 Å². The third kappa shape index (κ3) is 2.73. The average Bonchev–Trinajstić information content (AvgIpc) is 3.24. The Morgan fingerprint density at radius 1 is 1.23 bits per heavy atom. The molecule has 1 aromatic carbocycles. The van der Waals surface area contributed by atoms with Crippen LogP contribution in [0.2, 0.25) is 0 Å². The van der Waals surface area contributed by atoms with Gasteiger partial charge in [0.1, 0.15) is 0 Å². The van der Waals surface area contributed by atoms with Crippen LogP contribution in [-0.2, 0) is 7.05 Å². The van der Waals surface area contributed by atoms with Crippen LogP contribution in [0.4, 0.5) is 5.69 Å². The first-order valence-corrected chi connectivity index (χ1v) is 8.14. The summed E-state index contributed by atoms with van der Waals surface area (Å²) in [5, 5.41) is 8.10. The molecule has 0 spiro atoms. The van der Waals surface area contributed by atoms with Crippen LogP contribution < -0.4 is 5.32 Å². The van der Waals surface area contributed by atoms with Crippen LogP contribution in [0, 0.1) is 13.8 Å². The Labute approximate surface area is 149 Å². The number of nitrogens with zero attached hydrogens (tertiary/aromatic N) is 4. The van der Waals surface area contributed by atoms with E-state index in [1.807, 2.05) is 45.2 Å². The van der Waals surface area contributed by atoms with Crippen molar-refractivity contribution in [3.63, 3.8) is 0 Å². The summed E-state index contributed by atoms with van der Waals surface area (Å²) < 4.78 is 7.01. The molecule has 0 unspecified atom stereocenters. The second-order valence-electron chi connectivity index (χ2n) is 6.12. The van der Waals surface area contributed by atoms with E-state index in [0.717, 1.165) is 22.3 Å². The van der Waals surface area contributed by atoms with Crippen LogP contribution in [0.5, 0.6) is 0 Å². The maximum absolute atomic E-state index is 12.9. The van der Waals surface area contributed by atoms with Crippen molar-refractivity contribution in [2.75, 3.05) is 5.32 Å². The molecule has 130 valence electrons. The van der Waals surface area contributed by atoms with E-state index in [0.29, 0.717) is 22.7 Å². The first-order chi connectivity index (χ1) is 12.5. The maximum atomic E-state index is 12.9. The van der Waals surface area contributed by atoms with Gasteiger partial charge in [-0.3, -0.25) is 9.48 Å². The lowest BCUT2D eigenvalue weighted by atomic mass is 10.1. The number of hydrogen-bond donors (Lipinski definition) is 1. The Hall–Kier alpha value is -3.48. The SMILES string of the molecule is Cc1cc(C(=O)Nc2cccc(-c3cnco3)c2)c2c(C)nn(C)c2n1. The lowest BCUT2D eigenvalue weighted by molar-refractivity contribution is 0.102. The summed E-state index contributed by atoms with van der Waals surface area (Å²) >= 11 is 0. The number of nitrogens with one attached hydrogen (secondary N) is 1. The molecule has 3 heterocycles. The number of hydrogen-bond acceptors (Lipinski definition) is 5. The number of oxazole rings is 1. The molecule has 1 N–H and O–H groups in total. The van der Waals surface area contributed by atoms with Crippen LogP contribution in [-0.4, -0.2) is 25.7 Å². The van der Waals surface area contributed by atoms with Crippen LogP contribution in [0.3, 0.4) is 0 Å². The average molecular weight is 347 g/mol. The van der Waals surface area contributed by atoms with Crippen molar-refractivity contribution >= 4 is 22.6 Å². The number of carbonyl (C=O) groups excluding carboxylic acids is 1. The Bertz CT molecular complexity index is 1110. The van der Waals surface area contributed by atoms with Gasteiger partial charge in [0, 0.05) is 24.0 Å². The van der Waals surface area contributed by atoms with Gasteiger partial charge in [-0.2, -0.15) is 5.10 Å². The number of aryl methyl sites for hydroxylation is 3. The fraction of sp³-hybridized carbons (Fsp3) is 0.158. The lowest BCUT2D eigenvalue weighted by Gasteiger charge is -2.09. The highest BCUT2D eigenvalue weighted by Gasteiger charge is 2.18. The third-order valence-electron chi connectivity index (χ3n) is 4.18. The fourth-order valence-electron chi connectivity index (χ4n) is 3.06. The predicted molar refractivity (Wildman–Crippen MR) is 97.9 cm³/mol. The molecular weight excluding hydrogens is 330 g/mol. The number of amides is 1. The predicted octanol–water partition coefficient (Wildman–Crippen LogP) is 3.49. The molecule has 0 fully saturated rings. The molecular formula is C19H17N5O2. The number of rotatable bonds is 3. The molecule has 0 aliphatic heterocycles. The molecule has 0 saturated carbocycles. The number of carbonyl (C=O) groups is 1. The summed E-state index contributed by atoms with van der Waals surface area (Å²) in [5.74, 6) is 0.442. The normalized spacial score (nSPS) is 11.0. The number of benzene rings is 1. The summed E-state index contributed by atoms with van der Waals surface area (Å²) in [7, 11) is 1.82. The molecule has 0 atom stereocenters. The van der Waals surface area contributed by atoms with Crippen molar-refractivity contribution in [3.05, 3.63) is 59.9 Å². The van der Waals surface area contributed by atoms with E-state index in [-0.39, 0.29) is 5.91 Å². The Kier molecular flexibility index (Phi) is 3.76. The molecule has 7 nitrogen and oxygen atoms in total. The highest BCUT2D eigenvalue weighted by Crippen LogP contribution is 2.25. The topological polar surface area (TPSA) is 85.8 Å². The van der Waals surface area contributed by atoms with E-state index in [4.69, 9.17) is 4.42 Å². The summed E-state index contributed by atoms with van der Waals surface area (Å²) in [6.45, 7) is 3.74. The first-order valence-electron chi connectivity index (χ1n) is 8.14. The van der Waals surface area contributed by atoms with Gasteiger partial charge in [-0.15, -0.1) is 0 Å². The van der Waals surface area contributed by atoms with Gasteiger partial charge < -0.3 is 9.73 Å². The van der Waals surface area contributed by atoms with Crippen LogP contribution in [0.25, 0.3) is 22.4 Å². The second-order valence-corrected chi connectivity index (χ2v) is 6.12. The molecule has 4 aromatic rings. The standard InChI is InChI=1S/C19H17N5O2/c1-11-7-15(17-12(2)23-24(3)18(17)21-11)19(25)22-14-6-4-5-13(8-14)16-9-20-10-26-16/h4-10H,1-3H3,(H,22,25). The zero-order valence-corrected chi connectivity index (χ0v) is 14.6. The fourth-order valence-corrected chi connectivity index (χ4v) is 3.06. The minimum atomic E-state index is -0.202. The van der Waals surface area contributed by atoms with Gasteiger partial charge in [0.25, 0.3) is 5.91 Å². The van der Waals surface area contributed by atoms with Gasteiger partial charge in [0.2, 0.25) is 0 Å². The van der Waals surface area contributed by atoms with E-state index >= 15 is 0 Å². The van der Waals surface area contributed by atoms with E-state index in [2.05, 4.69) is 20.4 Å². The quantitative estimate of drug-likeness (QED) is 0.613. The maximum Gasteiger partial charge on any atom is 0.256 e. The van der Waals surface area contributed by atoms with Crippen molar-refractivity contribution in [3.8, 4) is 11.3 Å². The summed E-state index contributed by atoms with van der Waals surface area (Å²) in [4.78, 5) is 21.3. The van der Waals surface area contributed by atoms with Gasteiger partial charge in [0.15, 0.2) is 17.8 Å². The molecule has 0 radical (unpaired) electrons. The third-order valence-corrected chi connectivity index (χ3v) is 4.18. The van der Waals surface area contributed by atoms with Crippen molar-refractivity contribution in [1.82, 2.24) is 19.7 Å². The van der Waals surface area contributed by atoms with E-state index in [9.17, 15) is 4.79 Å². The second kappa shape index (κ2) is 6.11. The Morgan fingerprint density at radius 2 is 2.08 bits per heavy atom. The van der Waals surface area contributed by atoms with Gasteiger partial charge in [-0.1, -0.05) is 12.1 Å². The van der Waals surface area contributed by atoms with Gasteiger partial charge >= 0.3 is 0 Å². The van der Waals surface area contributed by atoms with E-state index in [1.54, 1.807) is 16.9 Å². The Balaban J connectivity index is 1.72. The first kappa shape index (κ1) is 16.0. The smallest absolute Gasteiger partial charge is 0.256 e. The number of aromatic nitrogens is 4. The molecule has 0 saturated heterocycles. The highest BCUT2D eigenvalue weighted by molar-refractivity contribution is 6.12. The van der Waals surface area contributed by atoms with Gasteiger partial charge in [0.05, 0.1) is 22.8 Å². The summed E-state index contributed by atoms with van der Waals surface area (Å²) in [5.41, 5.74) is 4.31. The minimum absolute atomic E-state index is 0.202. The van der Waals surface area contributed by atoms with Crippen molar-refractivity contribution in [2.45, 2.75) is 13.8 Å². The van der Waals surface area contributed by atoms with E-state index < -0.39 is 0 Å². The molecule has 26 heavy (non-hydrogen) atoms. The molecule has 7 heteroatoms. The molecule has 0 aliphatic rings. The molecule has 0 aliphatic carbocycles. The van der Waals surface area contributed by atoms with Crippen molar-refractivity contribution in [2.24, 2.45) is 7.05 Å². The summed E-state index contributed by atoms with van der Waals surface area (Å²) in [6, 6.07) is 9.22. The Morgan fingerprint density at radius 3 is 2.85 bits per heavy atom. The monoisotopic (exact) mass is 347 g/mol. The number of fused-ring (bicyclic) bond motifs is 1. The number of pyridine rings is 1. The highest BCUT2D eigenvalue weighted by atomic mass is 16.3. The minimum Gasteiger partial charge on any atom is -0.444 e. The molecule has 4 rings (SSSR count). The van der Waals surface area contributed by atoms with Crippen molar-refractivity contribution < 1.29 is 9.21 Å². The molecule has 3 aromatic heterocycles. The largest absolute Gasteiger partial charge is 0.444 e. The zero-order chi connectivity index (χ0) is 18.3.